The van der Waals surface area contributed by atoms with Gasteiger partial charge in [-0.25, -0.2) is 4.98 Å². The number of hydrogen-bond donors (Lipinski definition) is 0. The molecule has 0 saturated heterocycles. The maximum Gasteiger partial charge on any atom is 0.316 e. The van der Waals surface area contributed by atoms with Gasteiger partial charge in [-0.2, -0.15) is 5.26 Å². The molecule has 3 aromatic rings. The second-order valence-corrected chi connectivity index (χ2v) is 8.45. The van der Waals surface area contributed by atoms with E-state index in [1.54, 1.807) is 26.0 Å². The lowest BCUT2D eigenvalue weighted by Crippen LogP contribution is -2.13. The van der Waals surface area contributed by atoms with E-state index in [1.807, 2.05) is 49.4 Å². The third kappa shape index (κ3) is 5.41. The molecule has 0 bridgehead atoms. The minimum Gasteiger partial charge on any atom is -0.462 e. The molecule has 0 saturated carbocycles. The van der Waals surface area contributed by atoms with Crippen LogP contribution in [-0.4, -0.2) is 22.8 Å². The molecule has 0 spiro atoms. The number of hydrogen-bond acceptors (Lipinski definition) is 5. The van der Waals surface area contributed by atoms with Gasteiger partial charge in [0.2, 0.25) is 0 Å². The van der Waals surface area contributed by atoms with Gasteiger partial charge in [0.05, 0.1) is 23.1 Å². The van der Waals surface area contributed by atoms with E-state index in [9.17, 15) is 10.1 Å². The number of carbonyl (C=O) groups is 1. The van der Waals surface area contributed by atoms with E-state index in [1.165, 1.54) is 11.8 Å². The summed E-state index contributed by atoms with van der Waals surface area (Å²) in [6.45, 7) is 5.63. The summed E-state index contributed by atoms with van der Waals surface area (Å²) in [7, 11) is 0. The van der Waals surface area contributed by atoms with Gasteiger partial charge in [0.15, 0.2) is 0 Å². The summed E-state index contributed by atoms with van der Waals surface area (Å²) in [6.07, 6.45) is -0.190. The van der Waals surface area contributed by atoms with Gasteiger partial charge in [-0.1, -0.05) is 65.3 Å². The average molecular weight is 437 g/mol. The van der Waals surface area contributed by atoms with E-state index in [4.69, 9.17) is 21.3 Å². The first-order valence-electron chi connectivity index (χ1n) is 9.47. The molecule has 2 aromatic carbocycles. The highest BCUT2D eigenvalue weighted by Gasteiger charge is 2.17. The number of ether oxygens (including phenoxy) is 1. The maximum atomic E-state index is 12.0. The number of esters is 1. The summed E-state index contributed by atoms with van der Waals surface area (Å²) in [5, 5.41) is 11.0. The SMILES string of the molecule is Cc1ccc(-c2cc(-c3ccc(Cl)cc3)c(C#N)c(SCC(=O)OC(C)C)n2)cc1. The number of nitriles is 1. The molecule has 1 heterocycles. The fourth-order valence-electron chi connectivity index (χ4n) is 2.89. The Hall–Kier alpha value is -2.81. The van der Waals surface area contributed by atoms with Crippen molar-refractivity contribution in [3.05, 3.63) is 70.7 Å². The van der Waals surface area contributed by atoms with E-state index in [0.717, 1.165) is 27.9 Å². The van der Waals surface area contributed by atoms with Crippen molar-refractivity contribution in [2.45, 2.75) is 31.9 Å². The van der Waals surface area contributed by atoms with Gasteiger partial charge < -0.3 is 4.74 Å². The number of halogens is 1. The van der Waals surface area contributed by atoms with E-state index in [0.29, 0.717) is 15.6 Å². The highest BCUT2D eigenvalue weighted by molar-refractivity contribution is 7.99. The Labute approximate surface area is 185 Å². The summed E-state index contributed by atoms with van der Waals surface area (Å²) in [5.41, 5.74) is 4.86. The molecule has 0 fully saturated rings. The number of aryl methyl sites for hydroxylation is 1. The molecule has 0 aliphatic rings. The first kappa shape index (κ1) is 21.9. The van der Waals surface area contributed by atoms with Crippen LogP contribution in [0, 0.1) is 18.3 Å². The Balaban J connectivity index is 2.09. The molecule has 4 nitrogen and oxygen atoms in total. The van der Waals surface area contributed by atoms with Crippen LogP contribution in [0.25, 0.3) is 22.4 Å². The predicted molar refractivity (Wildman–Crippen MR) is 122 cm³/mol. The molecule has 0 aliphatic heterocycles. The van der Waals surface area contributed by atoms with Crippen molar-refractivity contribution in [2.24, 2.45) is 0 Å². The van der Waals surface area contributed by atoms with Crippen molar-refractivity contribution in [1.82, 2.24) is 4.98 Å². The highest BCUT2D eigenvalue weighted by Crippen LogP contribution is 2.34. The zero-order valence-corrected chi connectivity index (χ0v) is 18.6. The summed E-state index contributed by atoms with van der Waals surface area (Å²) >= 11 is 7.25. The van der Waals surface area contributed by atoms with Crippen LogP contribution in [0.4, 0.5) is 0 Å². The van der Waals surface area contributed by atoms with Crippen LogP contribution in [0.5, 0.6) is 0 Å². The summed E-state index contributed by atoms with van der Waals surface area (Å²) in [6, 6.07) is 19.5. The molecule has 3 rings (SSSR count). The Morgan fingerprint density at radius 2 is 1.77 bits per heavy atom. The van der Waals surface area contributed by atoms with E-state index in [2.05, 4.69) is 6.07 Å². The lowest BCUT2D eigenvalue weighted by Gasteiger charge is -2.13. The molecule has 0 atom stereocenters. The van der Waals surface area contributed by atoms with Crippen LogP contribution in [-0.2, 0) is 9.53 Å². The Morgan fingerprint density at radius 1 is 1.13 bits per heavy atom. The third-order valence-electron chi connectivity index (χ3n) is 4.29. The Kier molecular flexibility index (Phi) is 7.15. The minimum atomic E-state index is -0.338. The van der Waals surface area contributed by atoms with Crippen molar-refractivity contribution in [3.8, 4) is 28.5 Å². The average Bonchev–Trinajstić information content (AvgIpc) is 2.72. The van der Waals surface area contributed by atoms with Crippen LogP contribution >= 0.6 is 23.4 Å². The number of thioether (sulfide) groups is 1. The van der Waals surface area contributed by atoms with Crippen LogP contribution < -0.4 is 0 Å². The fraction of sp³-hybridized carbons (Fsp3) is 0.208. The van der Waals surface area contributed by atoms with E-state index in [-0.39, 0.29) is 17.8 Å². The van der Waals surface area contributed by atoms with Crippen LogP contribution in [0.3, 0.4) is 0 Å². The first-order chi connectivity index (χ1) is 14.4. The monoisotopic (exact) mass is 436 g/mol. The molecule has 30 heavy (non-hydrogen) atoms. The standard InChI is InChI=1S/C24H21ClN2O2S/c1-15(2)29-23(28)14-30-24-21(13-26)20(17-8-10-19(25)11-9-17)12-22(27-24)18-6-4-16(3)5-7-18/h4-12,15H,14H2,1-3H3. The molecule has 0 radical (unpaired) electrons. The van der Waals surface area contributed by atoms with Crippen molar-refractivity contribution in [1.29, 1.82) is 5.26 Å². The minimum absolute atomic E-state index is 0.0806. The fourth-order valence-corrected chi connectivity index (χ4v) is 3.80. The number of rotatable bonds is 6. The van der Waals surface area contributed by atoms with Gasteiger partial charge in [0.25, 0.3) is 0 Å². The van der Waals surface area contributed by atoms with Gasteiger partial charge in [-0.05, 0) is 44.5 Å². The topological polar surface area (TPSA) is 63.0 Å². The van der Waals surface area contributed by atoms with Gasteiger partial charge in [-0.3, -0.25) is 4.79 Å². The molecule has 6 heteroatoms. The number of nitrogens with zero attached hydrogens (tertiary/aromatic N) is 2. The second-order valence-electron chi connectivity index (χ2n) is 7.05. The summed E-state index contributed by atoms with van der Waals surface area (Å²) < 4.78 is 5.22. The van der Waals surface area contributed by atoms with E-state index >= 15 is 0 Å². The van der Waals surface area contributed by atoms with Gasteiger partial charge >= 0.3 is 5.97 Å². The number of carbonyl (C=O) groups excluding carboxylic acids is 1. The smallest absolute Gasteiger partial charge is 0.316 e. The first-order valence-corrected chi connectivity index (χ1v) is 10.8. The Morgan fingerprint density at radius 3 is 2.37 bits per heavy atom. The molecular formula is C24H21ClN2O2S. The van der Waals surface area contributed by atoms with Crippen molar-refractivity contribution >= 4 is 29.3 Å². The van der Waals surface area contributed by atoms with Gasteiger partial charge in [-0.15, -0.1) is 0 Å². The zero-order valence-electron chi connectivity index (χ0n) is 17.0. The predicted octanol–water partition coefficient (Wildman–Crippen LogP) is 6.29. The number of pyridine rings is 1. The normalized spacial score (nSPS) is 10.7. The lowest BCUT2D eigenvalue weighted by atomic mass is 9.99. The van der Waals surface area contributed by atoms with Gasteiger partial charge in [0.1, 0.15) is 11.1 Å². The third-order valence-corrected chi connectivity index (χ3v) is 5.50. The van der Waals surface area contributed by atoms with Crippen LogP contribution in [0.2, 0.25) is 5.02 Å². The van der Waals surface area contributed by atoms with Crippen molar-refractivity contribution in [2.75, 3.05) is 5.75 Å². The molecule has 152 valence electrons. The van der Waals surface area contributed by atoms with Gasteiger partial charge in [0, 0.05) is 16.1 Å². The summed E-state index contributed by atoms with van der Waals surface area (Å²) in [4.78, 5) is 16.7. The van der Waals surface area contributed by atoms with Crippen LogP contribution in [0.15, 0.2) is 59.6 Å². The van der Waals surface area contributed by atoms with Crippen molar-refractivity contribution in [3.63, 3.8) is 0 Å². The molecule has 0 amide bonds. The van der Waals surface area contributed by atoms with E-state index < -0.39 is 0 Å². The molecule has 0 unspecified atom stereocenters. The highest BCUT2D eigenvalue weighted by atomic mass is 35.5. The quantitative estimate of drug-likeness (QED) is 0.335. The lowest BCUT2D eigenvalue weighted by molar-refractivity contribution is -0.144. The summed E-state index contributed by atoms with van der Waals surface area (Å²) in [5.74, 6) is -0.258. The number of benzene rings is 2. The second kappa shape index (κ2) is 9.80. The molecule has 1 aromatic heterocycles. The largest absolute Gasteiger partial charge is 0.462 e. The molecular weight excluding hydrogens is 416 g/mol. The molecule has 0 N–H and O–H groups in total. The van der Waals surface area contributed by atoms with Crippen molar-refractivity contribution < 1.29 is 9.53 Å². The van der Waals surface area contributed by atoms with Crippen LogP contribution in [0.1, 0.15) is 25.0 Å². The molecule has 0 aliphatic carbocycles. The number of aromatic nitrogens is 1. The maximum absolute atomic E-state index is 12.0. The zero-order chi connectivity index (χ0) is 21.7. The Bertz CT molecular complexity index is 1090.